The maximum atomic E-state index is 14.4. The molecule has 4 aromatic rings. The molecule has 6 heteroatoms. The number of carbonyl (C=O) groups excluding carboxylic acids is 1. The molecule has 6 rings (SSSR count). The highest BCUT2D eigenvalue weighted by Gasteiger charge is 2.43. The van der Waals surface area contributed by atoms with E-state index in [0.29, 0.717) is 11.7 Å². The van der Waals surface area contributed by atoms with Crippen LogP contribution < -0.4 is 10.5 Å². The van der Waals surface area contributed by atoms with Crippen LogP contribution in [0, 0.1) is 0 Å². The molecule has 1 spiro atoms. The number of amides is 1. The first kappa shape index (κ1) is 27.3. The summed E-state index contributed by atoms with van der Waals surface area (Å²) in [5, 5.41) is 0.0529. The largest absolute Gasteiger partial charge is 0.283 e. The molecule has 1 atom stereocenters. The van der Waals surface area contributed by atoms with Crippen LogP contribution >= 0.6 is 11.8 Å². The van der Waals surface area contributed by atoms with Crippen molar-refractivity contribution in [3.05, 3.63) is 119 Å². The van der Waals surface area contributed by atoms with Crippen LogP contribution in [0.1, 0.15) is 50.2 Å². The minimum absolute atomic E-state index is 0.0106. The molecule has 0 saturated heterocycles. The zero-order chi connectivity index (χ0) is 28.4. The summed E-state index contributed by atoms with van der Waals surface area (Å²) >= 11 is 1.35. The zero-order valence-corrected chi connectivity index (χ0v) is 24.3. The predicted octanol–water partition coefficient (Wildman–Crippen LogP) is 7.70. The molecule has 2 aliphatic carbocycles. The SMILES string of the molecule is C=CCn1c(S[C@H](C)C(=O)N(c2ccccc2)c2ccccc2)nc2c(c1=O)C1(CCCCC1)Cc1ccccc1-2. The Morgan fingerprint density at radius 3 is 2.22 bits per heavy atom. The summed E-state index contributed by atoms with van der Waals surface area (Å²) in [6, 6.07) is 27.7. The van der Waals surface area contributed by atoms with Crippen molar-refractivity contribution in [2.24, 2.45) is 0 Å². The number of aromatic nitrogens is 2. The Bertz CT molecular complexity index is 1590. The summed E-state index contributed by atoms with van der Waals surface area (Å²) in [6.07, 6.45) is 8.09. The average molecular weight is 562 g/mol. The van der Waals surface area contributed by atoms with Crippen molar-refractivity contribution < 1.29 is 4.79 Å². The van der Waals surface area contributed by atoms with Gasteiger partial charge in [-0.15, -0.1) is 6.58 Å². The number of anilines is 2. The number of hydrogen-bond acceptors (Lipinski definition) is 4. The number of hydrogen-bond donors (Lipinski definition) is 0. The van der Waals surface area contributed by atoms with E-state index in [4.69, 9.17) is 4.98 Å². The Morgan fingerprint density at radius 2 is 1.59 bits per heavy atom. The number of allylic oxidation sites excluding steroid dienone is 1. The number of fused-ring (bicyclic) bond motifs is 4. The Hall–Kier alpha value is -3.90. The van der Waals surface area contributed by atoms with Crippen LogP contribution in [0.15, 0.2) is 108 Å². The Labute approximate surface area is 246 Å². The van der Waals surface area contributed by atoms with Gasteiger partial charge < -0.3 is 0 Å². The summed E-state index contributed by atoms with van der Waals surface area (Å²) in [4.78, 5) is 35.5. The molecule has 208 valence electrons. The van der Waals surface area contributed by atoms with Gasteiger partial charge in [-0.1, -0.05) is 97.8 Å². The number of benzene rings is 3. The summed E-state index contributed by atoms with van der Waals surface area (Å²) in [5.41, 5.74) is 5.37. The van der Waals surface area contributed by atoms with Crippen molar-refractivity contribution in [2.45, 2.75) is 67.8 Å². The summed E-state index contributed by atoms with van der Waals surface area (Å²) in [5.74, 6) is -0.0753. The lowest BCUT2D eigenvalue weighted by atomic mass is 9.62. The van der Waals surface area contributed by atoms with Crippen LogP contribution in [0.25, 0.3) is 11.3 Å². The van der Waals surface area contributed by atoms with Crippen molar-refractivity contribution >= 4 is 29.0 Å². The summed E-state index contributed by atoms with van der Waals surface area (Å²) < 4.78 is 1.74. The minimum Gasteiger partial charge on any atom is -0.283 e. The van der Waals surface area contributed by atoms with E-state index in [2.05, 4.69) is 24.8 Å². The third-order valence-electron chi connectivity index (χ3n) is 8.47. The van der Waals surface area contributed by atoms with E-state index in [0.717, 1.165) is 60.3 Å². The monoisotopic (exact) mass is 561 g/mol. The lowest BCUT2D eigenvalue weighted by Crippen LogP contribution is -2.43. The molecular weight excluding hydrogens is 526 g/mol. The molecule has 0 unspecified atom stereocenters. The van der Waals surface area contributed by atoms with E-state index in [1.54, 1.807) is 15.5 Å². The second kappa shape index (κ2) is 11.5. The van der Waals surface area contributed by atoms with E-state index in [1.165, 1.54) is 23.7 Å². The Kier molecular flexibility index (Phi) is 7.67. The van der Waals surface area contributed by atoms with Crippen LogP contribution in [0.2, 0.25) is 0 Å². The van der Waals surface area contributed by atoms with Crippen LogP contribution in [0.3, 0.4) is 0 Å². The number of thioether (sulfide) groups is 1. The first-order valence-electron chi connectivity index (χ1n) is 14.5. The van der Waals surface area contributed by atoms with Gasteiger partial charge in [0.05, 0.1) is 16.5 Å². The second-order valence-electron chi connectivity index (χ2n) is 11.1. The molecular formula is C35H35N3O2S. The normalized spacial score (nSPS) is 15.9. The van der Waals surface area contributed by atoms with Gasteiger partial charge in [0.1, 0.15) is 0 Å². The molecule has 1 amide bonds. The fraction of sp³-hybridized carbons (Fsp3) is 0.286. The van der Waals surface area contributed by atoms with Crippen molar-refractivity contribution in [3.8, 4) is 11.3 Å². The van der Waals surface area contributed by atoms with E-state index in [9.17, 15) is 9.59 Å². The van der Waals surface area contributed by atoms with Gasteiger partial charge in [0.25, 0.3) is 5.56 Å². The zero-order valence-electron chi connectivity index (χ0n) is 23.5. The molecule has 3 aromatic carbocycles. The van der Waals surface area contributed by atoms with Crippen LogP contribution in [0.4, 0.5) is 11.4 Å². The first-order chi connectivity index (χ1) is 20.0. The van der Waals surface area contributed by atoms with Crippen LogP contribution in [-0.4, -0.2) is 20.7 Å². The molecule has 1 aromatic heterocycles. The highest BCUT2D eigenvalue weighted by atomic mass is 32.2. The molecule has 0 N–H and O–H groups in total. The molecule has 5 nitrogen and oxygen atoms in total. The van der Waals surface area contributed by atoms with E-state index >= 15 is 0 Å². The van der Waals surface area contributed by atoms with Gasteiger partial charge in [-0.2, -0.15) is 0 Å². The summed E-state index contributed by atoms with van der Waals surface area (Å²) in [7, 11) is 0. The second-order valence-corrected chi connectivity index (χ2v) is 12.4. The topological polar surface area (TPSA) is 55.2 Å². The number of nitrogens with zero attached hydrogens (tertiary/aromatic N) is 3. The van der Waals surface area contributed by atoms with Crippen LogP contribution in [0.5, 0.6) is 0 Å². The van der Waals surface area contributed by atoms with Gasteiger partial charge in [0.2, 0.25) is 5.91 Å². The molecule has 1 heterocycles. The smallest absolute Gasteiger partial charge is 0.258 e. The van der Waals surface area contributed by atoms with Crippen molar-refractivity contribution in [3.63, 3.8) is 0 Å². The van der Waals surface area contributed by atoms with Gasteiger partial charge in [-0.3, -0.25) is 19.1 Å². The molecule has 0 bridgehead atoms. The molecule has 0 radical (unpaired) electrons. The average Bonchev–Trinajstić information content (AvgIpc) is 3.00. The molecule has 41 heavy (non-hydrogen) atoms. The number of rotatable bonds is 7. The molecule has 1 fully saturated rings. The maximum absolute atomic E-state index is 14.4. The number of para-hydroxylation sites is 2. The molecule has 0 aliphatic heterocycles. The molecule has 1 saturated carbocycles. The minimum atomic E-state index is -0.501. The van der Waals surface area contributed by atoms with Gasteiger partial charge in [-0.05, 0) is 56.0 Å². The van der Waals surface area contributed by atoms with Gasteiger partial charge >= 0.3 is 0 Å². The number of carbonyl (C=O) groups is 1. The highest BCUT2D eigenvalue weighted by molar-refractivity contribution is 8.00. The third-order valence-corrected chi connectivity index (χ3v) is 9.54. The van der Waals surface area contributed by atoms with Crippen molar-refractivity contribution in [1.82, 2.24) is 9.55 Å². The highest BCUT2D eigenvalue weighted by Crippen LogP contribution is 2.49. The fourth-order valence-electron chi connectivity index (χ4n) is 6.55. The van der Waals surface area contributed by atoms with Crippen molar-refractivity contribution in [1.29, 1.82) is 0 Å². The standard InChI is InChI=1S/C35H35N3O2S/c1-3-23-37-33(40)30-31(29-20-12-11-15-26(29)24-35(30)21-13-6-14-22-35)36-34(37)41-25(2)32(39)38(27-16-7-4-8-17-27)28-18-9-5-10-19-28/h3-5,7-12,15-20,25H,1,6,13-14,21-24H2,2H3/t25-/m1/s1. The van der Waals surface area contributed by atoms with Gasteiger partial charge in [0, 0.05) is 28.9 Å². The lowest BCUT2D eigenvalue weighted by molar-refractivity contribution is -0.117. The van der Waals surface area contributed by atoms with Gasteiger partial charge in [0.15, 0.2) is 5.16 Å². The van der Waals surface area contributed by atoms with Gasteiger partial charge in [-0.25, -0.2) is 4.98 Å². The summed E-state index contributed by atoms with van der Waals surface area (Å²) in [6.45, 7) is 6.18. The van der Waals surface area contributed by atoms with Crippen LogP contribution in [-0.2, 0) is 23.2 Å². The predicted molar refractivity (Wildman–Crippen MR) is 168 cm³/mol. The molecule has 2 aliphatic rings. The quantitative estimate of drug-likeness (QED) is 0.132. The lowest BCUT2D eigenvalue weighted by Gasteiger charge is -2.42. The third kappa shape index (κ3) is 5.06. The first-order valence-corrected chi connectivity index (χ1v) is 15.4. The fourth-order valence-corrected chi connectivity index (χ4v) is 7.50. The Morgan fingerprint density at radius 1 is 0.976 bits per heavy atom. The van der Waals surface area contributed by atoms with Crippen molar-refractivity contribution in [2.75, 3.05) is 4.90 Å². The van der Waals surface area contributed by atoms with E-state index in [1.807, 2.05) is 73.7 Å². The Balaban J connectivity index is 1.44. The maximum Gasteiger partial charge on any atom is 0.258 e. The van der Waals surface area contributed by atoms with E-state index in [-0.39, 0.29) is 16.9 Å². The van der Waals surface area contributed by atoms with E-state index < -0.39 is 5.25 Å².